The lowest BCUT2D eigenvalue weighted by molar-refractivity contribution is -0.132. The minimum atomic E-state index is -0.396. The molecule has 20 heavy (non-hydrogen) atoms. The fraction of sp³-hybridized carbons (Fsp3) is 0.769. The summed E-state index contributed by atoms with van der Waals surface area (Å²) >= 11 is 4.80. The number of amides is 2. The molecule has 2 amide bonds. The molecule has 0 saturated carbocycles. The molecule has 114 valence electrons. The van der Waals surface area contributed by atoms with Crippen LogP contribution in [0.3, 0.4) is 0 Å². The first-order chi connectivity index (χ1) is 9.28. The molecular weight excluding hydrogens is 276 g/mol. The van der Waals surface area contributed by atoms with Gasteiger partial charge >= 0.3 is 0 Å². The van der Waals surface area contributed by atoms with Gasteiger partial charge in [0.05, 0.1) is 16.9 Å². The molecule has 6 nitrogen and oxygen atoms in total. The summed E-state index contributed by atoms with van der Waals surface area (Å²) in [7, 11) is 3.39. The maximum absolute atomic E-state index is 12.1. The van der Waals surface area contributed by atoms with Crippen LogP contribution in [0, 0.1) is 5.41 Å². The van der Waals surface area contributed by atoms with E-state index in [1.165, 1.54) is 0 Å². The number of carbonyl (C=O) groups excluding carboxylic acids is 2. The molecule has 0 radical (unpaired) electrons. The quantitative estimate of drug-likeness (QED) is 0.651. The second kappa shape index (κ2) is 6.99. The minimum absolute atomic E-state index is 0.0300. The number of likely N-dealkylation sites (tertiary alicyclic amines) is 1. The van der Waals surface area contributed by atoms with E-state index in [1.807, 2.05) is 11.8 Å². The van der Waals surface area contributed by atoms with Crippen LogP contribution in [0.4, 0.5) is 0 Å². The molecule has 1 rings (SSSR count). The predicted molar refractivity (Wildman–Crippen MR) is 82.3 cm³/mol. The first kappa shape index (κ1) is 16.8. The van der Waals surface area contributed by atoms with Gasteiger partial charge in [-0.15, -0.1) is 0 Å². The van der Waals surface area contributed by atoms with Crippen molar-refractivity contribution in [3.05, 3.63) is 0 Å². The van der Waals surface area contributed by atoms with Crippen molar-refractivity contribution in [3.63, 3.8) is 0 Å². The van der Waals surface area contributed by atoms with E-state index in [0.29, 0.717) is 31.0 Å². The molecule has 1 atom stereocenters. The molecule has 1 saturated heterocycles. The summed E-state index contributed by atoms with van der Waals surface area (Å²) in [4.78, 5) is 27.9. The van der Waals surface area contributed by atoms with E-state index >= 15 is 0 Å². The highest BCUT2D eigenvalue weighted by atomic mass is 32.1. The highest BCUT2D eigenvalue weighted by Gasteiger charge is 2.40. The van der Waals surface area contributed by atoms with Gasteiger partial charge in [0.15, 0.2) is 0 Å². The Morgan fingerprint density at radius 1 is 1.50 bits per heavy atom. The third kappa shape index (κ3) is 4.42. The summed E-state index contributed by atoms with van der Waals surface area (Å²) < 4.78 is 0. The Balaban J connectivity index is 2.44. The van der Waals surface area contributed by atoms with Gasteiger partial charge in [-0.3, -0.25) is 14.5 Å². The zero-order valence-corrected chi connectivity index (χ0v) is 13.3. The van der Waals surface area contributed by atoms with Crippen LogP contribution in [-0.4, -0.2) is 66.9 Å². The molecule has 3 N–H and O–H groups in total. The second-order valence-corrected chi connectivity index (χ2v) is 6.16. The number of thiocarbonyl (C=S) groups is 1. The second-order valence-electron chi connectivity index (χ2n) is 5.63. The Labute approximate surface area is 125 Å². The third-order valence-electron chi connectivity index (χ3n) is 3.81. The molecule has 1 unspecified atom stereocenters. The summed E-state index contributed by atoms with van der Waals surface area (Å²) in [6, 6.07) is 0. The van der Waals surface area contributed by atoms with Gasteiger partial charge < -0.3 is 16.0 Å². The number of nitrogens with one attached hydrogen (secondary N) is 1. The Kier molecular flexibility index (Phi) is 5.88. The summed E-state index contributed by atoms with van der Waals surface area (Å²) in [5.41, 5.74) is 5.03. The van der Waals surface area contributed by atoms with Crippen molar-refractivity contribution in [2.75, 3.05) is 40.3 Å². The number of carbonyl (C=O) groups is 2. The van der Waals surface area contributed by atoms with E-state index in [1.54, 1.807) is 19.0 Å². The van der Waals surface area contributed by atoms with Gasteiger partial charge in [0, 0.05) is 33.6 Å². The predicted octanol–water partition coefficient (Wildman–Crippen LogP) is -0.421. The number of likely N-dealkylation sites (N-methyl/N-ethyl adjacent to an activating group) is 1. The number of rotatable bonds is 6. The van der Waals surface area contributed by atoms with Gasteiger partial charge in [-0.2, -0.15) is 0 Å². The van der Waals surface area contributed by atoms with Crippen molar-refractivity contribution in [1.29, 1.82) is 0 Å². The van der Waals surface area contributed by atoms with E-state index in [0.717, 1.165) is 13.0 Å². The average Bonchev–Trinajstić information content (AvgIpc) is 2.77. The summed E-state index contributed by atoms with van der Waals surface area (Å²) in [5.74, 6) is 0.0664. The molecule has 0 aromatic rings. The lowest BCUT2D eigenvalue weighted by atomic mass is 9.89. The van der Waals surface area contributed by atoms with Crippen LogP contribution in [0.15, 0.2) is 0 Å². The zero-order chi connectivity index (χ0) is 15.3. The van der Waals surface area contributed by atoms with Crippen LogP contribution in [0.2, 0.25) is 0 Å². The topological polar surface area (TPSA) is 78.7 Å². The molecule has 0 aliphatic carbocycles. The zero-order valence-electron chi connectivity index (χ0n) is 12.4. The summed E-state index contributed by atoms with van der Waals surface area (Å²) in [5, 5.41) is 2.69. The van der Waals surface area contributed by atoms with Gasteiger partial charge in [0.25, 0.3) is 0 Å². The molecule has 1 heterocycles. The molecule has 0 bridgehead atoms. The highest BCUT2D eigenvalue weighted by Crippen LogP contribution is 2.29. The Bertz CT molecular complexity index is 402. The number of hydrogen-bond acceptors (Lipinski definition) is 4. The molecule has 1 fully saturated rings. The molecule has 1 aliphatic heterocycles. The van der Waals surface area contributed by atoms with Gasteiger partial charge in [-0.1, -0.05) is 12.2 Å². The first-order valence-electron chi connectivity index (χ1n) is 6.75. The van der Waals surface area contributed by atoms with Crippen LogP contribution in [-0.2, 0) is 9.59 Å². The first-order valence-corrected chi connectivity index (χ1v) is 7.16. The molecular formula is C13H24N4O2S. The maximum atomic E-state index is 12.1. The maximum Gasteiger partial charge on any atom is 0.236 e. The average molecular weight is 300 g/mol. The summed E-state index contributed by atoms with van der Waals surface area (Å²) in [6.45, 7) is 4.18. The Morgan fingerprint density at radius 3 is 2.70 bits per heavy atom. The van der Waals surface area contributed by atoms with Crippen molar-refractivity contribution in [2.45, 2.75) is 19.8 Å². The summed E-state index contributed by atoms with van der Waals surface area (Å²) in [6.07, 6.45) is 1.31. The number of hydrogen-bond donors (Lipinski definition) is 2. The Hall–Kier alpha value is -1.21. The fourth-order valence-electron chi connectivity index (χ4n) is 2.39. The third-order valence-corrected chi connectivity index (χ3v) is 4.01. The molecule has 0 spiro atoms. The van der Waals surface area contributed by atoms with Crippen LogP contribution < -0.4 is 11.1 Å². The molecule has 0 aromatic heterocycles. The van der Waals surface area contributed by atoms with Crippen LogP contribution in [0.1, 0.15) is 19.8 Å². The van der Waals surface area contributed by atoms with Crippen LogP contribution in [0.25, 0.3) is 0 Å². The van der Waals surface area contributed by atoms with Crippen molar-refractivity contribution in [2.24, 2.45) is 11.1 Å². The smallest absolute Gasteiger partial charge is 0.236 e. The van der Waals surface area contributed by atoms with Crippen molar-refractivity contribution in [1.82, 2.24) is 15.1 Å². The minimum Gasteiger partial charge on any atom is -0.393 e. The normalized spacial score (nSPS) is 22.6. The van der Waals surface area contributed by atoms with E-state index in [-0.39, 0.29) is 11.8 Å². The lowest BCUT2D eigenvalue weighted by Crippen LogP contribution is -2.42. The van der Waals surface area contributed by atoms with Crippen molar-refractivity contribution >= 4 is 29.0 Å². The Morgan fingerprint density at radius 2 is 2.15 bits per heavy atom. The van der Waals surface area contributed by atoms with Crippen molar-refractivity contribution < 1.29 is 9.59 Å². The SMILES string of the molecule is CNC(=O)C1(C)CCN(CC(=O)N(C)CCC(N)=S)C1. The molecule has 7 heteroatoms. The molecule has 0 aromatic carbocycles. The number of nitrogens with zero attached hydrogens (tertiary/aromatic N) is 2. The van der Waals surface area contributed by atoms with Gasteiger partial charge in [0.2, 0.25) is 11.8 Å². The van der Waals surface area contributed by atoms with Crippen LogP contribution in [0.5, 0.6) is 0 Å². The van der Waals surface area contributed by atoms with Crippen LogP contribution >= 0.6 is 12.2 Å². The van der Waals surface area contributed by atoms with E-state index in [4.69, 9.17) is 18.0 Å². The van der Waals surface area contributed by atoms with E-state index < -0.39 is 5.41 Å². The largest absolute Gasteiger partial charge is 0.393 e. The van der Waals surface area contributed by atoms with Gasteiger partial charge in [-0.05, 0) is 19.9 Å². The van der Waals surface area contributed by atoms with Gasteiger partial charge in [-0.25, -0.2) is 0 Å². The van der Waals surface area contributed by atoms with Gasteiger partial charge in [0.1, 0.15) is 0 Å². The molecule has 1 aliphatic rings. The van der Waals surface area contributed by atoms with Crippen molar-refractivity contribution in [3.8, 4) is 0 Å². The monoisotopic (exact) mass is 300 g/mol. The standard InChI is InChI=1S/C13H24N4O2S/c1-13(12(19)15-2)5-7-17(9-13)8-11(18)16(3)6-4-10(14)20/h4-9H2,1-3H3,(H2,14,20)(H,15,19). The van der Waals surface area contributed by atoms with E-state index in [2.05, 4.69) is 5.32 Å². The highest BCUT2D eigenvalue weighted by molar-refractivity contribution is 7.80. The fourth-order valence-corrected chi connectivity index (χ4v) is 2.48. The number of nitrogens with two attached hydrogens (primary N) is 1. The lowest BCUT2D eigenvalue weighted by Gasteiger charge is -2.24. The van der Waals surface area contributed by atoms with E-state index in [9.17, 15) is 9.59 Å².